The second-order valence-corrected chi connectivity index (χ2v) is 1.85. The largest absolute Gasteiger partial charge is 0.375 e. The molecule has 0 spiro atoms. The molecule has 11 heavy (non-hydrogen) atoms. The van der Waals surface area contributed by atoms with Gasteiger partial charge in [0, 0.05) is 38.9 Å². The minimum absolute atomic E-state index is 0. The molecule has 1 rings (SSSR count). The Kier molecular flexibility index (Phi) is 5.16. The Morgan fingerprint density at radius 1 is 1.82 bits per heavy atom. The molecule has 0 bridgehead atoms. The summed E-state index contributed by atoms with van der Waals surface area (Å²) in [6.45, 7) is 3.61. The van der Waals surface area contributed by atoms with Crippen LogP contribution in [0.1, 0.15) is 5.69 Å². The average molecular weight is 227 g/mol. The van der Waals surface area contributed by atoms with Gasteiger partial charge in [-0.2, -0.15) is 0 Å². The molecule has 5 heteroatoms. The van der Waals surface area contributed by atoms with Crippen molar-refractivity contribution >= 4 is 5.91 Å². The van der Waals surface area contributed by atoms with Gasteiger partial charge < -0.3 is 22.0 Å². The van der Waals surface area contributed by atoms with Crippen LogP contribution in [-0.4, -0.2) is 15.9 Å². The number of amides is 1. The molecule has 4 nitrogen and oxygen atoms in total. The van der Waals surface area contributed by atoms with Crippen molar-refractivity contribution in [2.24, 2.45) is 0 Å². The summed E-state index contributed by atoms with van der Waals surface area (Å²) in [5, 5.41) is 2.53. The number of nitrogens with one attached hydrogen (secondary N) is 2. The monoisotopic (exact) mass is 227 g/mol. The minimum atomic E-state index is -0.283. The van der Waals surface area contributed by atoms with Gasteiger partial charge in [-0.15, -0.1) is 0 Å². The van der Waals surface area contributed by atoms with Crippen molar-refractivity contribution in [1.82, 2.24) is 15.3 Å². The zero-order valence-electron chi connectivity index (χ0n) is 6.00. The van der Waals surface area contributed by atoms with Crippen LogP contribution in [0.2, 0.25) is 0 Å². The molecule has 0 aromatic carbocycles. The van der Waals surface area contributed by atoms with E-state index in [-0.39, 0.29) is 38.6 Å². The molecule has 0 fully saturated rings. The second-order valence-electron chi connectivity index (χ2n) is 1.85. The van der Waals surface area contributed by atoms with Gasteiger partial charge in [0.1, 0.15) is 0 Å². The molecule has 1 aromatic heterocycles. The van der Waals surface area contributed by atoms with Crippen LogP contribution < -0.4 is 5.32 Å². The Bertz CT molecular complexity index is 210. The Balaban J connectivity index is 0.000001000. The number of carbonyl (C=O) groups is 1. The molecule has 57 valence electrons. The smallest absolute Gasteiger partial charge is 0.0922 e. The van der Waals surface area contributed by atoms with Gasteiger partial charge in [0.15, 0.2) is 0 Å². The van der Waals surface area contributed by atoms with Crippen LogP contribution in [0.4, 0.5) is 0 Å². The summed E-state index contributed by atoms with van der Waals surface area (Å²) in [5.74, 6) is -0.283. The molecule has 0 saturated heterocycles. The van der Waals surface area contributed by atoms with E-state index in [1.54, 1.807) is 12.5 Å². The summed E-state index contributed by atoms with van der Waals surface area (Å²) in [4.78, 5) is 16.9. The van der Waals surface area contributed by atoms with Gasteiger partial charge >= 0.3 is 0 Å². The van der Waals surface area contributed by atoms with Gasteiger partial charge in [-0.3, -0.25) is 0 Å². The van der Waals surface area contributed by atoms with E-state index in [1.165, 1.54) is 0 Å². The second kappa shape index (κ2) is 5.32. The molecule has 0 aliphatic heterocycles. The maximum absolute atomic E-state index is 10.3. The quantitative estimate of drug-likeness (QED) is 0.690. The average Bonchev–Trinajstić information content (AvgIpc) is 2.34. The van der Waals surface area contributed by atoms with Crippen molar-refractivity contribution in [3.63, 3.8) is 0 Å². The molecule has 1 radical (unpaired) electrons. The fraction of sp³-hybridized carbons (Fsp3) is 0.167. The van der Waals surface area contributed by atoms with E-state index in [1.807, 2.05) is 0 Å². The Morgan fingerprint density at radius 3 is 3.00 bits per heavy atom. The first-order chi connectivity index (χ1) is 4.79. The molecule has 0 aliphatic rings. The zero-order valence-corrected chi connectivity index (χ0v) is 8.84. The third kappa shape index (κ3) is 4.16. The Labute approximate surface area is 90.1 Å². The molecule has 2 N–H and O–H groups in total. The van der Waals surface area contributed by atoms with E-state index in [2.05, 4.69) is 22.2 Å². The van der Waals surface area contributed by atoms with Crippen molar-refractivity contribution < 1.29 is 37.5 Å². The number of nitrogens with zero attached hydrogens (tertiary/aromatic N) is 1. The van der Waals surface area contributed by atoms with E-state index in [0.29, 0.717) is 6.54 Å². The third-order valence-electron chi connectivity index (χ3n) is 1.03. The van der Waals surface area contributed by atoms with Crippen LogP contribution in [0.3, 0.4) is 0 Å². The van der Waals surface area contributed by atoms with E-state index < -0.39 is 0 Å². The van der Waals surface area contributed by atoms with E-state index >= 15 is 0 Å². The first-order valence-electron chi connectivity index (χ1n) is 2.86. The van der Waals surface area contributed by atoms with Crippen molar-refractivity contribution in [2.75, 3.05) is 0 Å². The molecule has 1 aromatic rings. The van der Waals surface area contributed by atoms with Gasteiger partial charge in [0.05, 0.1) is 24.5 Å². The molecular weight excluding hydrogens is 219 g/mol. The third-order valence-corrected chi connectivity index (χ3v) is 1.03. The molecular formula is C6H8N3OY-. The summed E-state index contributed by atoms with van der Waals surface area (Å²) in [6.07, 6.45) is 3.21. The number of hydrogen-bond acceptors (Lipinski definition) is 2. The minimum Gasteiger partial charge on any atom is -0.375 e. The van der Waals surface area contributed by atoms with Crippen LogP contribution >= 0.6 is 0 Å². The number of carbonyl (C=O) groups excluding carboxylic acids is 1. The van der Waals surface area contributed by atoms with E-state index in [4.69, 9.17) is 0 Å². The van der Waals surface area contributed by atoms with Gasteiger partial charge in [-0.05, 0) is 0 Å². The summed E-state index contributed by atoms with van der Waals surface area (Å²) < 4.78 is 0. The number of rotatable bonds is 2. The van der Waals surface area contributed by atoms with Crippen molar-refractivity contribution in [2.45, 2.75) is 6.54 Å². The van der Waals surface area contributed by atoms with Crippen molar-refractivity contribution in [3.05, 3.63) is 25.1 Å². The van der Waals surface area contributed by atoms with E-state index in [0.717, 1.165) is 5.69 Å². The number of H-pyrrole nitrogens is 1. The van der Waals surface area contributed by atoms with Gasteiger partial charge in [0.25, 0.3) is 0 Å². The maximum Gasteiger partial charge on any atom is 0.0922 e. The molecule has 1 heterocycles. The van der Waals surface area contributed by atoms with Gasteiger partial charge in [-0.25, -0.2) is 4.98 Å². The number of aromatic nitrogens is 2. The molecule has 0 unspecified atom stereocenters. The van der Waals surface area contributed by atoms with Crippen LogP contribution in [0.5, 0.6) is 0 Å². The summed E-state index contributed by atoms with van der Waals surface area (Å²) in [7, 11) is 0. The van der Waals surface area contributed by atoms with E-state index in [9.17, 15) is 4.79 Å². The summed E-state index contributed by atoms with van der Waals surface area (Å²) in [6, 6.07) is 0. The number of aromatic amines is 1. The van der Waals surface area contributed by atoms with Crippen LogP contribution in [0.25, 0.3) is 0 Å². The first kappa shape index (κ1) is 10.7. The topological polar surface area (TPSA) is 57.8 Å². The summed E-state index contributed by atoms with van der Waals surface area (Å²) >= 11 is 0. The number of hydrogen-bond donors (Lipinski definition) is 2. The first-order valence-corrected chi connectivity index (χ1v) is 2.86. The normalized spacial score (nSPS) is 8.36. The molecule has 0 aliphatic carbocycles. The fourth-order valence-corrected chi connectivity index (χ4v) is 0.575. The van der Waals surface area contributed by atoms with Crippen LogP contribution in [0.15, 0.2) is 12.5 Å². The SMILES string of the molecule is [CH2-]C(=O)NCc1cnc[nH]1.[Y]. The molecule has 1 amide bonds. The molecule has 0 atom stereocenters. The fourth-order valence-electron chi connectivity index (χ4n) is 0.575. The van der Waals surface area contributed by atoms with Gasteiger partial charge in [-0.1, -0.05) is 0 Å². The maximum atomic E-state index is 10.3. The Hall–Kier alpha value is -0.346. The zero-order chi connectivity index (χ0) is 7.40. The standard InChI is InChI=1S/C6H8N3O.Y/c1-5(10)8-3-6-2-7-4-9-6;/h2,4H,1,3H2,(H,7,9)(H,8,10);/q-1;. The predicted octanol–water partition coefficient (Wildman–Crippen LogP) is -0.143. The summed E-state index contributed by atoms with van der Waals surface area (Å²) in [5.41, 5.74) is 0.872. The van der Waals surface area contributed by atoms with Gasteiger partial charge in [0.2, 0.25) is 0 Å². The number of imidazole rings is 1. The van der Waals surface area contributed by atoms with Crippen molar-refractivity contribution in [3.8, 4) is 0 Å². The van der Waals surface area contributed by atoms with Crippen LogP contribution in [0, 0.1) is 6.92 Å². The predicted molar refractivity (Wildman–Crippen MR) is 35.8 cm³/mol. The van der Waals surface area contributed by atoms with Crippen LogP contribution in [-0.2, 0) is 44.0 Å². The van der Waals surface area contributed by atoms with Crippen molar-refractivity contribution in [1.29, 1.82) is 0 Å². The molecule has 0 saturated carbocycles. The Morgan fingerprint density at radius 2 is 2.55 bits per heavy atom.